The van der Waals surface area contributed by atoms with Crippen LogP contribution in [0.4, 0.5) is 0 Å². The molecule has 0 bridgehead atoms. The van der Waals surface area contributed by atoms with E-state index in [1.54, 1.807) is 6.07 Å². The van der Waals surface area contributed by atoms with Crippen LogP contribution in [0.2, 0.25) is 5.02 Å². The quantitative estimate of drug-likeness (QED) is 0.889. The van der Waals surface area contributed by atoms with Gasteiger partial charge in [0.05, 0.1) is 5.02 Å². The van der Waals surface area contributed by atoms with Gasteiger partial charge in [-0.1, -0.05) is 11.6 Å². The number of amides is 1. The molecule has 0 saturated carbocycles. The standard InChI is InChI=1S/C11H11ClN2O3S/c12-7-1-2-8(13-5-7)10(15)14-3-4-18-6-9(14)11(16)17/h1-2,5,9H,3-4,6H2,(H,16,17). The van der Waals surface area contributed by atoms with E-state index in [-0.39, 0.29) is 11.6 Å². The number of rotatable bonds is 2. The summed E-state index contributed by atoms with van der Waals surface area (Å²) < 4.78 is 0. The van der Waals surface area contributed by atoms with Gasteiger partial charge in [-0.3, -0.25) is 4.79 Å². The molecule has 18 heavy (non-hydrogen) atoms. The Morgan fingerprint density at radius 1 is 1.50 bits per heavy atom. The van der Waals surface area contributed by atoms with Crippen molar-refractivity contribution in [1.29, 1.82) is 0 Å². The Balaban J connectivity index is 2.20. The van der Waals surface area contributed by atoms with E-state index in [4.69, 9.17) is 16.7 Å². The lowest BCUT2D eigenvalue weighted by Crippen LogP contribution is -2.50. The number of carbonyl (C=O) groups is 2. The summed E-state index contributed by atoms with van der Waals surface area (Å²) in [4.78, 5) is 28.6. The van der Waals surface area contributed by atoms with Crippen LogP contribution in [0.15, 0.2) is 18.3 Å². The smallest absolute Gasteiger partial charge is 0.327 e. The van der Waals surface area contributed by atoms with Crippen LogP contribution < -0.4 is 0 Å². The van der Waals surface area contributed by atoms with Crippen molar-refractivity contribution in [2.75, 3.05) is 18.1 Å². The summed E-state index contributed by atoms with van der Waals surface area (Å²) in [6, 6.07) is 2.29. The number of carbonyl (C=O) groups excluding carboxylic acids is 1. The van der Waals surface area contributed by atoms with Crippen molar-refractivity contribution in [2.24, 2.45) is 0 Å². The van der Waals surface area contributed by atoms with E-state index >= 15 is 0 Å². The number of hydrogen-bond acceptors (Lipinski definition) is 4. The minimum atomic E-state index is -0.982. The Kier molecular flexibility index (Phi) is 4.08. The third kappa shape index (κ3) is 2.76. The average molecular weight is 287 g/mol. The summed E-state index contributed by atoms with van der Waals surface area (Å²) >= 11 is 7.23. The first-order valence-corrected chi connectivity index (χ1v) is 6.86. The normalized spacial score (nSPS) is 19.6. The average Bonchev–Trinajstić information content (AvgIpc) is 2.39. The van der Waals surface area contributed by atoms with Gasteiger partial charge in [0.1, 0.15) is 11.7 Å². The molecule has 7 heteroatoms. The van der Waals surface area contributed by atoms with Crippen LogP contribution in [-0.4, -0.2) is 51.0 Å². The summed E-state index contributed by atoms with van der Waals surface area (Å²) in [5, 5.41) is 9.54. The van der Waals surface area contributed by atoms with Crippen LogP contribution >= 0.6 is 23.4 Å². The number of hydrogen-bond donors (Lipinski definition) is 1. The van der Waals surface area contributed by atoms with Gasteiger partial charge in [0.25, 0.3) is 5.91 Å². The van der Waals surface area contributed by atoms with Crippen molar-refractivity contribution >= 4 is 35.2 Å². The van der Waals surface area contributed by atoms with Crippen molar-refractivity contribution in [1.82, 2.24) is 9.88 Å². The highest BCUT2D eigenvalue weighted by Gasteiger charge is 2.33. The van der Waals surface area contributed by atoms with Crippen molar-refractivity contribution in [2.45, 2.75) is 6.04 Å². The number of pyridine rings is 1. The molecule has 1 aliphatic heterocycles. The maximum atomic E-state index is 12.2. The maximum Gasteiger partial charge on any atom is 0.327 e. The van der Waals surface area contributed by atoms with Crippen LogP contribution in [0.5, 0.6) is 0 Å². The topological polar surface area (TPSA) is 70.5 Å². The zero-order valence-corrected chi connectivity index (χ0v) is 10.9. The predicted molar refractivity (Wildman–Crippen MR) is 69.0 cm³/mol. The van der Waals surface area contributed by atoms with E-state index in [0.29, 0.717) is 17.3 Å². The van der Waals surface area contributed by atoms with E-state index in [1.165, 1.54) is 28.9 Å². The molecule has 1 aliphatic rings. The highest BCUT2D eigenvalue weighted by Crippen LogP contribution is 2.19. The van der Waals surface area contributed by atoms with E-state index < -0.39 is 12.0 Å². The molecule has 0 aromatic carbocycles. The molecule has 0 spiro atoms. The Morgan fingerprint density at radius 2 is 2.28 bits per heavy atom. The molecule has 2 heterocycles. The van der Waals surface area contributed by atoms with E-state index in [2.05, 4.69) is 4.98 Å². The molecule has 1 N–H and O–H groups in total. The van der Waals surface area contributed by atoms with Gasteiger partial charge in [0.2, 0.25) is 0 Å². The highest BCUT2D eigenvalue weighted by molar-refractivity contribution is 7.99. The number of aromatic nitrogens is 1. The minimum absolute atomic E-state index is 0.220. The van der Waals surface area contributed by atoms with Crippen LogP contribution in [0.3, 0.4) is 0 Å². The van der Waals surface area contributed by atoms with Gasteiger partial charge in [-0.2, -0.15) is 11.8 Å². The third-order valence-corrected chi connectivity index (χ3v) is 3.87. The SMILES string of the molecule is O=C(O)C1CSCCN1C(=O)c1ccc(Cl)cn1. The first-order valence-electron chi connectivity index (χ1n) is 5.32. The van der Waals surface area contributed by atoms with Gasteiger partial charge in [-0.25, -0.2) is 9.78 Å². The Morgan fingerprint density at radius 3 is 2.89 bits per heavy atom. The van der Waals surface area contributed by atoms with Crippen molar-refractivity contribution in [3.05, 3.63) is 29.0 Å². The molecular weight excluding hydrogens is 276 g/mol. The second kappa shape index (κ2) is 5.58. The molecule has 1 aromatic heterocycles. The molecule has 1 amide bonds. The molecule has 1 unspecified atom stereocenters. The van der Waals surface area contributed by atoms with Gasteiger partial charge in [0, 0.05) is 24.2 Å². The van der Waals surface area contributed by atoms with Crippen molar-refractivity contribution in [3.63, 3.8) is 0 Å². The summed E-state index contributed by atoms with van der Waals surface area (Å²) in [6.45, 7) is 0.421. The van der Waals surface area contributed by atoms with Crippen molar-refractivity contribution in [3.8, 4) is 0 Å². The van der Waals surface area contributed by atoms with Crippen molar-refractivity contribution < 1.29 is 14.7 Å². The van der Waals surface area contributed by atoms with Gasteiger partial charge in [-0.05, 0) is 12.1 Å². The minimum Gasteiger partial charge on any atom is -0.480 e. The van der Waals surface area contributed by atoms with E-state index in [0.717, 1.165) is 5.75 Å². The molecule has 1 fully saturated rings. The first kappa shape index (κ1) is 13.2. The van der Waals surface area contributed by atoms with Crippen LogP contribution in [0.1, 0.15) is 10.5 Å². The molecule has 1 saturated heterocycles. The van der Waals surface area contributed by atoms with Crippen LogP contribution in [-0.2, 0) is 4.79 Å². The van der Waals surface area contributed by atoms with Crippen LogP contribution in [0.25, 0.3) is 0 Å². The lowest BCUT2D eigenvalue weighted by Gasteiger charge is -2.32. The molecule has 1 atom stereocenters. The predicted octanol–water partition coefficient (Wildman–Crippen LogP) is 1.38. The van der Waals surface area contributed by atoms with Gasteiger partial charge in [-0.15, -0.1) is 0 Å². The van der Waals surface area contributed by atoms with Gasteiger partial charge >= 0.3 is 5.97 Å². The number of thioether (sulfide) groups is 1. The zero-order chi connectivity index (χ0) is 13.1. The molecule has 1 aromatic rings. The van der Waals surface area contributed by atoms with Gasteiger partial charge < -0.3 is 10.0 Å². The summed E-state index contributed by atoms with van der Waals surface area (Å²) in [5.74, 6) is -0.193. The summed E-state index contributed by atoms with van der Waals surface area (Å²) in [6.07, 6.45) is 1.38. The fraction of sp³-hybridized carbons (Fsp3) is 0.364. The lowest BCUT2D eigenvalue weighted by atomic mass is 10.2. The molecule has 96 valence electrons. The molecule has 0 aliphatic carbocycles. The Hall–Kier alpha value is -1.27. The molecular formula is C11H11ClN2O3S. The molecule has 2 rings (SSSR count). The fourth-order valence-electron chi connectivity index (χ4n) is 1.70. The number of nitrogens with zero attached hydrogens (tertiary/aromatic N) is 2. The Labute approximate surface area is 113 Å². The largest absolute Gasteiger partial charge is 0.480 e. The second-order valence-corrected chi connectivity index (χ2v) is 5.38. The highest BCUT2D eigenvalue weighted by atomic mass is 35.5. The number of halogens is 1. The van der Waals surface area contributed by atoms with E-state index in [1.807, 2.05) is 0 Å². The lowest BCUT2D eigenvalue weighted by molar-refractivity contribution is -0.141. The second-order valence-electron chi connectivity index (χ2n) is 3.79. The van der Waals surface area contributed by atoms with Crippen LogP contribution in [0, 0.1) is 0 Å². The third-order valence-electron chi connectivity index (χ3n) is 2.62. The monoisotopic (exact) mass is 286 g/mol. The number of carboxylic acid groups (broad SMARTS) is 1. The van der Waals surface area contributed by atoms with Gasteiger partial charge in [0.15, 0.2) is 0 Å². The summed E-state index contributed by atoms with van der Waals surface area (Å²) in [7, 11) is 0. The number of aliphatic carboxylic acids is 1. The Bertz CT molecular complexity index is 466. The molecule has 0 radical (unpaired) electrons. The first-order chi connectivity index (χ1) is 8.59. The zero-order valence-electron chi connectivity index (χ0n) is 9.38. The fourth-order valence-corrected chi connectivity index (χ4v) is 2.85. The van der Waals surface area contributed by atoms with E-state index in [9.17, 15) is 9.59 Å². The molecule has 5 nitrogen and oxygen atoms in total. The maximum absolute atomic E-state index is 12.2. The summed E-state index contributed by atoms with van der Waals surface area (Å²) in [5.41, 5.74) is 0.220. The number of carboxylic acids is 1.